The van der Waals surface area contributed by atoms with Crippen LogP contribution in [0.4, 0.5) is 10.2 Å². The summed E-state index contributed by atoms with van der Waals surface area (Å²) in [5, 5.41) is 13.1. The Balaban J connectivity index is 1.63. The van der Waals surface area contributed by atoms with E-state index in [-0.39, 0.29) is 24.4 Å². The van der Waals surface area contributed by atoms with Crippen molar-refractivity contribution in [3.8, 4) is 0 Å². The third-order valence-electron chi connectivity index (χ3n) is 4.46. The van der Waals surface area contributed by atoms with Crippen molar-refractivity contribution in [2.45, 2.75) is 31.8 Å². The molecule has 0 bridgehead atoms. The fourth-order valence-electron chi connectivity index (χ4n) is 3.08. The number of nitrogens with one attached hydrogen (secondary N) is 1. The number of hydrogen-bond donors (Lipinski definition) is 2. The van der Waals surface area contributed by atoms with Gasteiger partial charge in [-0.05, 0) is 53.5 Å². The monoisotopic (exact) mass is 395 g/mol. The summed E-state index contributed by atoms with van der Waals surface area (Å²) in [6, 6.07) is 7.48. The lowest BCUT2D eigenvalue weighted by molar-refractivity contribution is -0.139. The van der Waals surface area contributed by atoms with Crippen molar-refractivity contribution < 1.29 is 14.3 Å². The van der Waals surface area contributed by atoms with E-state index in [0.29, 0.717) is 15.8 Å². The van der Waals surface area contributed by atoms with Crippen LogP contribution in [0.5, 0.6) is 0 Å². The van der Waals surface area contributed by atoms with Gasteiger partial charge >= 0.3 is 5.97 Å². The van der Waals surface area contributed by atoms with Gasteiger partial charge in [0.2, 0.25) is 0 Å². The molecule has 1 aromatic heterocycles. The number of halogens is 2. The molecule has 7 heteroatoms. The van der Waals surface area contributed by atoms with Crippen LogP contribution in [0.2, 0.25) is 0 Å². The van der Waals surface area contributed by atoms with Crippen molar-refractivity contribution in [3.63, 3.8) is 0 Å². The van der Waals surface area contributed by atoms with E-state index in [1.807, 2.05) is 24.0 Å². The second-order valence-electron chi connectivity index (χ2n) is 6.08. The number of hydrogen-bond acceptors (Lipinski definition) is 4. The van der Waals surface area contributed by atoms with Crippen molar-refractivity contribution in [2.24, 2.45) is 0 Å². The van der Waals surface area contributed by atoms with Crippen LogP contribution in [-0.2, 0) is 4.79 Å². The number of anilines is 1. The molecule has 1 heterocycles. The molecule has 1 aromatic carbocycles. The molecule has 0 spiro atoms. The number of fused-ring (bicyclic) bond motifs is 1. The van der Waals surface area contributed by atoms with E-state index in [0.717, 1.165) is 24.8 Å². The number of aromatic nitrogens is 1. The van der Waals surface area contributed by atoms with Crippen LogP contribution in [0.25, 0.3) is 10.9 Å². The molecule has 24 heavy (non-hydrogen) atoms. The Morgan fingerprint density at radius 2 is 2.21 bits per heavy atom. The summed E-state index contributed by atoms with van der Waals surface area (Å²) >= 11 is 3.17. The molecule has 1 saturated carbocycles. The largest absolute Gasteiger partial charge is 0.480 e. The summed E-state index contributed by atoms with van der Waals surface area (Å²) in [4.78, 5) is 17.3. The van der Waals surface area contributed by atoms with Gasteiger partial charge in [-0.2, -0.15) is 0 Å². The van der Waals surface area contributed by atoms with E-state index < -0.39 is 5.97 Å². The number of aliphatic carboxylic acids is 1. The maximum absolute atomic E-state index is 13.6. The standard InChI is InChI=1S/C17H19BrFN3O2/c1-2-22(9-17(23)24)12-6-11(7-12)20-16-4-3-10-5-13(18)14(19)8-15(10)21-16/h3-5,8,11-12H,2,6-7,9H2,1H3,(H,20,21)(H,23,24). The highest BCUT2D eigenvalue weighted by Crippen LogP contribution is 2.29. The fourth-order valence-corrected chi connectivity index (χ4v) is 3.45. The molecular weight excluding hydrogens is 377 g/mol. The molecule has 1 fully saturated rings. The highest BCUT2D eigenvalue weighted by Gasteiger charge is 2.33. The minimum Gasteiger partial charge on any atom is -0.480 e. The van der Waals surface area contributed by atoms with Gasteiger partial charge in [-0.25, -0.2) is 9.37 Å². The van der Waals surface area contributed by atoms with Gasteiger partial charge in [-0.15, -0.1) is 0 Å². The number of rotatable bonds is 6. The highest BCUT2D eigenvalue weighted by molar-refractivity contribution is 9.10. The zero-order chi connectivity index (χ0) is 17.3. The zero-order valence-corrected chi connectivity index (χ0v) is 14.9. The van der Waals surface area contributed by atoms with E-state index in [9.17, 15) is 9.18 Å². The Kier molecular flexibility index (Phi) is 5.01. The summed E-state index contributed by atoms with van der Waals surface area (Å²) < 4.78 is 14.1. The SMILES string of the molecule is CCN(CC(=O)O)C1CC(Nc2ccc3cc(Br)c(F)cc3n2)C1. The van der Waals surface area contributed by atoms with Gasteiger partial charge in [-0.1, -0.05) is 6.92 Å². The summed E-state index contributed by atoms with van der Waals surface area (Å²) in [6.07, 6.45) is 1.77. The van der Waals surface area contributed by atoms with Crippen molar-refractivity contribution in [3.05, 3.63) is 34.6 Å². The van der Waals surface area contributed by atoms with Gasteiger partial charge in [-0.3, -0.25) is 9.69 Å². The molecule has 2 aromatic rings. The molecule has 0 atom stereocenters. The van der Waals surface area contributed by atoms with Crippen LogP contribution in [0, 0.1) is 5.82 Å². The first-order valence-corrected chi connectivity index (χ1v) is 8.73. The Morgan fingerprint density at radius 1 is 1.46 bits per heavy atom. The number of benzene rings is 1. The van der Waals surface area contributed by atoms with Crippen LogP contribution in [-0.4, -0.2) is 46.1 Å². The predicted octanol–water partition coefficient (Wildman–Crippen LogP) is 3.49. The van der Waals surface area contributed by atoms with Crippen LogP contribution >= 0.6 is 15.9 Å². The number of nitrogens with zero attached hydrogens (tertiary/aromatic N) is 2. The summed E-state index contributed by atoms with van der Waals surface area (Å²) in [6.45, 7) is 2.78. The maximum Gasteiger partial charge on any atom is 0.317 e. The molecule has 1 aliphatic rings. The van der Waals surface area contributed by atoms with Crippen LogP contribution in [0.15, 0.2) is 28.7 Å². The third-order valence-corrected chi connectivity index (χ3v) is 5.07. The molecular formula is C17H19BrFN3O2. The minimum atomic E-state index is -0.794. The van der Waals surface area contributed by atoms with Crippen LogP contribution < -0.4 is 5.32 Å². The van der Waals surface area contributed by atoms with E-state index >= 15 is 0 Å². The number of carboxylic acids is 1. The quantitative estimate of drug-likeness (QED) is 0.783. The Morgan fingerprint density at radius 3 is 2.88 bits per heavy atom. The smallest absolute Gasteiger partial charge is 0.317 e. The van der Waals surface area contributed by atoms with Crippen LogP contribution in [0.3, 0.4) is 0 Å². The van der Waals surface area contributed by atoms with Crippen molar-refractivity contribution >= 4 is 38.6 Å². The lowest BCUT2D eigenvalue weighted by Gasteiger charge is -2.42. The lowest BCUT2D eigenvalue weighted by Crippen LogP contribution is -2.51. The van der Waals surface area contributed by atoms with Gasteiger partial charge in [0.25, 0.3) is 0 Å². The van der Waals surface area contributed by atoms with E-state index in [4.69, 9.17) is 5.11 Å². The molecule has 0 amide bonds. The van der Waals surface area contributed by atoms with Gasteiger partial charge in [0, 0.05) is 23.5 Å². The zero-order valence-electron chi connectivity index (χ0n) is 13.3. The molecule has 0 unspecified atom stereocenters. The third kappa shape index (κ3) is 3.67. The van der Waals surface area contributed by atoms with Gasteiger partial charge in [0.05, 0.1) is 16.5 Å². The number of likely N-dealkylation sites (N-methyl/N-ethyl adjacent to an activating group) is 1. The summed E-state index contributed by atoms with van der Waals surface area (Å²) in [5.41, 5.74) is 0.609. The number of carbonyl (C=O) groups is 1. The molecule has 0 saturated heterocycles. The van der Waals surface area contributed by atoms with E-state index in [1.165, 1.54) is 6.07 Å². The highest BCUT2D eigenvalue weighted by atomic mass is 79.9. The van der Waals surface area contributed by atoms with Crippen molar-refractivity contribution in [2.75, 3.05) is 18.4 Å². The van der Waals surface area contributed by atoms with Gasteiger partial charge in [0.15, 0.2) is 0 Å². The Hall–Kier alpha value is -1.73. The minimum absolute atomic E-state index is 0.0796. The first-order chi connectivity index (χ1) is 11.5. The summed E-state index contributed by atoms with van der Waals surface area (Å²) in [5.74, 6) is -0.408. The number of pyridine rings is 1. The van der Waals surface area contributed by atoms with Gasteiger partial charge < -0.3 is 10.4 Å². The normalized spacial score (nSPS) is 20.2. The first kappa shape index (κ1) is 17.1. The maximum atomic E-state index is 13.6. The molecule has 5 nitrogen and oxygen atoms in total. The molecule has 0 aliphatic heterocycles. The Bertz CT molecular complexity index is 765. The average molecular weight is 396 g/mol. The second kappa shape index (κ2) is 7.03. The molecule has 3 rings (SSSR count). The van der Waals surface area contributed by atoms with Crippen LogP contribution in [0.1, 0.15) is 19.8 Å². The van der Waals surface area contributed by atoms with Crippen molar-refractivity contribution in [1.29, 1.82) is 0 Å². The first-order valence-electron chi connectivity index (χ1n) is 7.94. The molecule has 2 N–H and O–H groups in total. The van der Waals surface area contributed by atoms with Gasteiger partial charge in [0.1, 0.15) is 11.6 Å². The lowest BCUT2D eigenvalue weighted by atomic mass is 9.85. The van der Waals surface area contributed by atoms with Crippen molar-refractivity contribution in [1.82, 2.24) is 9.88 Å². The average Bonchev–Trinajstić information content (AvgIpc) is 2.49. The van der Waals surface area contributed by atoms with E-state index in [1.54, 1.807) is 6.07 Å². The molecule has 1 aliphatic carbocycles. The number of carboxylic acid groups (broad SMARTS) is 1. The molecule has 128 valence electrons. The fraction of sp³-hybridized carbons (Fsp3) is 0.412. The summed E-state index contributed by atoms with van der Waals surface area (Å²) in [7, 11) is 0. The second-order valence-corrected chi connectivity index (χ2v) is 6.93. The molecule has 0 radical (unpaired) electrons. The van der Waals surface area contributed by atoms with E-state index in [2.05, 4.69) is 26.2 Å². The predicted molar refractivity (Wildman–Crippen MR) is 94.7 cm³/mol. The topological polar surface area (TPSA) is 65.5 Å². The Labute approximate surface area is 148 Å².